The topological polar surface area (TPSA) is 50.3 Å². The highest BCUT2D eigenvalue weighted by Gasteiger charge is 2.38. The van der Waals surface area contributed by atoms with Gasteiger partial charge in [0.2, 0.25) is 5.91 Å². The fraction of sp³-hybridized carbons (Fsp3) is 0.364. The van der Waals surface area contributed by atoms with Gasteiger partial charge in [-0.3, -0.25) is 9.78 Å². The first-order chi connectivity index (χ1) is 7.24. The minimum absolute atomic E-state index is 0.0148. The van der Waals surface area contributed by atoms with E-state index >= 15 is 0 Å². The zero-order chi connectivity index (χ0) is 10.8. The molecular weight excluding hydrogens is 192 g/mol. The van der Waals surface area contributed by atoms with Crippen molar-refractivity contribution in [2.75, 3.05) is 7.05 Å². The molecule has 1 aromatic rings. The summed E-state index contributed by atoms with van der Waals surface area (Å²) in [6.45, 7) is 0. The molecule has 0 aliphatic carbocycles. The van der Waals surface area contributed by atoms with E-state index in [4.69, 9.17) is 0 Å². The number of amides is 1. The van der Waals surface area contributed by atoms with E-state index in [1.165, 1.54) is 0 Å². The van der Waals surface area contributed by atoms with Crippen LogP contribution in [0.2, 0.25) is 0 Å². The number of pyridine rings is 1. The van der Waals surface area contributed by atoms with E-state index in [0.29, 0.717) is 6.42 Å². The number of aromatic nitrogens is 1. The Morgan fingerprint density at radius 1 is 1.60 bits per heavy atom. The smallest absolute Gasteiger partial charge is 0.223 e. The molecule has 0 N–H and O–H groups in total. The van der Waals surface area contributed by atoms with Crippen LogP contribution in [0.3, 0.4) is 0 Å². The monoisotopic (exact) mass is 204 g/mol. The van der Waals surface area contributed by atoms with E-state index in [-0.39, 0.29) is 17.9 Å². The van der Waals surface area contributed by atoms with E-state index in [1.54, 1.807) is 24.3 Å². The Hall–Kier alpha value is -1.71. The number of carbonyl (C=O) groups is 2. The van der Waals surface area contributed by atoms with Crippen LogP contribution in [-0.4, -0.2) is 29.1 Å². The highest BCUT2D eigenvalue weighted by molar-refractivity contribution is 5.83. The van der Waals surface area contributed by atoms with E-state index in [1.807, 2.05) is 12.1 Å². The van der Waals surface area contributed by atoms with E-state index < -0.39 is 0 Å². The van der Waals surface area contributed by atoms with Crippen LogP contribution in [0.25, 0.3) is 0 Å². The van der Waals surface area contributed by atoms with E-state index in [0.717, 1.165) is 11.8 Å². The maximum Gasteiger partial charge on any atom is 0.223 e. The van der Waals surface area contributed by atoms with Gasteiger partial charge in [0.1, 0.15) is 6.29 Å². The number of likely N-dealkylation sites (tertiary alicyclic amines) is 1. The second-order valence-corrected chi connectivity index (χ2v) is 3.74. The lowest BCUT2D eigenvalue weighted by Crippen LogP contribution is -2.24. The fourth-order valence-corrected chi connectivity index (χ4v) is 2.04. The third-order valence-electron chi connectivity index (χ3n) is 2.83. The van der Waals surface area contributed by atoms with Crippen molar-refractivity contribution in [1.29, 1.82) is 0 Å². The lowest BCUT2D eigenvalue weighted by molar-refractivity contribution is -0.127. The maximum absolute atomic E-state index is 11.5. The first-order valence-corrected chi connectivity index (χ1v) is 4.85. The molecule has 4 heteroatoms. The Balaban J connectivity index is 2.34. The van der Waals surface area contributed by atoms with Crippen molar-refractivity contribution in [3.8, 4) is 0 Å². The average Bonchev–Trinajstić information content (AvgIpc) is 2.56. The molecule has 78 valence electrons. The number of hydrogen-bond acceptors (Lipinski definition) is 3. The minimum atomic E-state index is -0.244. The van der Waals surface area contributed by atoms with Crippen molar-refractivity contribution >= 4 is 12.2 Å². The van der Waals surface area contributed by atoms with Gasteiger partial charge in [0.05, 0.1) is 6.04 Å². The Labute approximate surface area is 87.9 Å². The van der Waals surface area contributed by atoms with Gasteiger partial charge in [-0.15, -0.1) is 0 Å². The third-order valence-corrected chi connectivity index (χ3v) is 2.83. The van der Waals surface area contributed by atoms with Crippen molar-refractivity contribution in [2.24, 2.45) is 5.92 Å². The van der Waals surface area contributed by atoms with Crippen LogP contribution >= 0.6 is 0 Å². The first kappa shape index (κ1) is 9.83. The Morgan fingerprint density at radius 2 is 2.40 bits per heavy atom. The molecular formula is C11H12N2O2. The first-order valence-electron chi connectivity index (χ1n) is 4.85. The zero-order valence-electron chi connectivity index (χ0n) is 8.46. The van der Waals surface area contributed by atoms with Crippen molar-refractivity contribution in [3.63, 3.8) is 0 Å². The number of hydrogen-bond donors (Lipinski definition) is 0. The molecule has 1 unspecified atom stereocenters. The lowest BCUT2D eigenvalue weighted by Gasteiger charge is -2.22. The molecule has 1 aromatic heterocycles. The van der Waals surface area contributed by atoms with Crippen molar-refractivity contribution in [1.82, 2.24) is 9.88 Å². The standard InChI is InChI=1S/C11H12N2O2/c1-13-10(15)5-9(7-14)11(13)8-3-2-4-12-6-8/h2-4,6-7,9,11H,5H2,1H3/t9?,11-/m1/s1. The van der Waals surface area contributed by atoms with Crippen molar-refractivity contribution in [3.05, 3.63) is 30.1 Å². The van der Waals surface area contributed by atoms with Crippen LogP contribution in [0.4, 0.5) is 0 Å². The van der Waals surface area contributed by atoms with Gasteiger partial charge in [0.15, 0.2) is 0 Å². The van der Waals surface area contributed by atoms with Crippen LogP contribution in [0.1, 0.15) is 18.0 Å². The number of rotatable bonds is 2. The molecule has 1 amide bonds. The lowest BCUT2D eigenvalue weighted by atomic mass is 9.96. The summed E-state index contributed by atoms with van der Waals surface area (Å²) >= 11 is 0. The molecule has 1 aliphatic heterocycles. The van der Waals surface area contributed by atoms with Crippen molar-refractivity contribution in [2.45, 2.75) is 12.5 Å². The van der Waals surface area contributed by atoms with Gasteiger partial charge in [0.25, 0.3) is 0 Å². The van der Waals surface area contributed by atoms with Crippen LogP contribution in [-0.2, 0) is 9.59 Å². The van der Waals surface area contributed by atoms with Gasteiger partial charge >= 0.3 is 0 Å². The molecule has 0 spiro atoms. The van der Waals surface area contributed by atoms with Crippen LogP contribution in [0.5, 0.6) is 0 Å². The summed E-state index contributed by atoms with van der Waals surface area (Å²) in [6.07, 6.45) is 4.55. The second kappa shape index (κ2) is 3.81. The SMILES string of the molecule is CN1C(=O)CC(C=O)[C@H]1c1cccnc1. The predicted molar refractivity (Wildman–Crippen MR) is 53.9 cm³/mol. The largest absolute Gasteiger partial charge is 0.338 e. The molecule has 0 bridgehead atoms. The Kier molecular flexibility index (Phi) is 2.49. The quantitative estimate of drug-likeness (QED) is 0.669. The number of aldehydes is 1. The van der Waals surface area contributed by atoms with Crippen LogP contribution < -0.4 is 0 Å². The molecule has 0 aromatic carbocycles. The van der Waals surface area contributed by atoms with Gasteiger partial charge < -0.3 is 9.69 Å². The van der Waals surface area contributed by atoms with Crippen LogP contribution in [0.15, 0.2) is 24.5 Å². The zero-order valence-corrected chi connectivity index (χ0v) is 8.46. The van der Waals surface area contributed by atoms with Gasteiger partial charge in [-0.1, -0.05) is 6.07 Å². The van der Waals surface area contributed by atoms with Gasteiger partial charge in [-0.05, 0) is 11.6 Å². The summed E-state index contributed by atoms with van der Waals surface area (Å²) in [7, 11) is 1.73. The van der Waals surface area contributed by atoms with Gasteiger partial charge in [-0.2, -0.15) is 0 Å². The summed E-state index contributed by atoms with van der Waals surface area (Å²) < 4.78 is 0. The van der Waals surface area contributed by atoms with Gasteiger partial charge in [-0.25, -0.2) is 0 Å². The highest BCUT2D eigenvalue weighted by Crippen LogP contribution is 2.34. The van der Waals surface area contributed by atoms with Gasteiger partial charge in [0, 0.05) is 31.8 Å². The van der Waals surface area contributed by atoms with E-state index in [2.05, 4.69) is 4.98 Å². The molecule has 4 nitrogen and oxygen atoms in total. The molecule has 2 rings (SSSR count). The highest BCUT2D eigenvalue weighted by atomic mass is 16.2. The molecule has 15 heavy (non-hydrogen) atoms. The minimum Gasteiger partial charge on any atom is -0.338 e. The molecule has 1 aliphatic rings. The maximum atomic E-state index is 11.5. The molecule has 0 saturated carbocycles. The third kappa shape index (κ3) is 1.63. The summed E-state index contributed by atoms with van der Waals surface area (Å²) in [5, 5.41) is 0. The Bertz CT molecular complexity index is 377. The second-order valence-electron chi connectivity index (χ2n) is 3.74. The molecule has 0 radical (unpaired) electrons. The summed E-state index contributed by atoms with van der Waals surface area (Å²) in [5.41, 5.74) is 0.919. The number of nitrogens with zero attached hydrogens (tertiary/aromatic N) is 2. The molecule has 1 saturated heterocycles. The average molecular weight is 204 g/mol. The predicted octanol–water partition coefficient (Wildman–Crippen LogP) is 0.800. The Morgan fingerprint density at radius 3 is 3.00 bits per heavy atom. The molecule has 2 heterocycles. The molecule has 1 fully saturated rings. The van der Waals surface area contributed by atoms with Crippen molar-refractivity contribution < 1.29 is 9.59 Å². The normalized spacial score (nSPS) is 25.7. The number of carbonyl (C=O) groups excluding carboxylic acids is 2. The summed E-state index contributed by atoms with van der Waals surface area (Å²) in [6, 6.07) is 3.56. The van der Waals surface area contributed by atoms with E-state index in [9.17, 15) is 9.59 Å². The summed E-state index contributed by atoms with van der Waals surface area (Å²) in [5.74, 6) is -0.229. The molecule has 2 atom stereocenters. The summed E-state index contributed by atoms with van der Waals surface area (Å²) in [4.78, 5) is 28.0. The fourth-order valence-electron chi connectivity index (χ4n) is 2.04. The van der Waals surface area contributed by atoms with Crippen LogP contribution in [0, 0.1) is 5.92 Å².